The summed E-state index contributed by atoms with van der Waals surface area (Å²) in [7, 11) is 0. The number of hydrogen-bond donors (Lipinski definition) is 0. The third-order valence-electron chi connectivity index (χ3n) is 2.27. The van der Waals surface area contributed by atoms with Gasteiger partial charge in [0.25, 0.3) is 0 Å². The minimum atomic E-state index is -0.278. The van der Waals surface area contributed by atoms with Gasteiger partial charge in [0.15, 0.2) is 11.7 Å². The Morgan fingerprint density at radius 1 is 1.20 bits per heavy atom. The Balaban J connectivity index is 2.62. The van der Waals surface area contributed by atoms with Crippen molar-refractivity contribution in [2.75, 3.05) is 0 Å². The van der Waals surface area contributed by atoms with E-state index in [0.717, 1.165) is 11.3 Å². The van der Waals surface area contributed by atoms with Crippen molar-refractivity contribution < 1.29 is 8.81 Å². The number of rotatable bonds is 1. The zero-order chi connectivity index (χ0) is 11.0. The zero-order valence-corrected chi connectivity index (χ0v) is 8.97. The van der Waals surface area contributed by atoms with E-state index < -0.39 is 0 Å². The fourth-order valence-corrected chi connectivity index (χ4v) is 1.59. The van der Waals surface area contributed by atoms with Crippen LogP contribution in [0.5, 0.6) is 0 Å². The molecule has 0 N–H and O–H groups in total. The lowest BCUT2D eigenvalue weighted by atomic mass is 10.1. The Hall–Kier alpha value is -1.64. The molecule has 2 aromatic rings. The summed E-state index contributed by atoms with van der Waals surface area (Å²) in [4.78, 5) is 4.12. The summed E-state index contributed by atoms with van der Waals surface area (Å²) in [6, 6.07) is 4.95. The number of halogens is 1. The first kappa shape index (κ1) is 9.90. The number of oxazole rings is 1. The summed E-state index contributed by atoms with van der Waals surface area (Å²) < 4.78 is 18.9. The van der Waals surface area contributed by atoms with Gasteiger partial charge < -0.3 is 4.42 Å². The van der Waals surface area contributed by atoms with E-state index in [4.69, 9.17) is 4.42 Å². The van der Waals surface area contributed by atoms with Crippen molar-refractivity contribution in [2.45, 2.75) is 20.8 Å². The molecule has 0 aliphatic heterocycles. The van der Waals surface area contributed by atoms with Crippen molar-refractivity contribution in [3.8, 4) is 11.3 Å². The molecule has 0 aliphatic rings. The van der Waals surface area contributed by atoms with Gasteiger partial charge in [-0.1, -0.05) is 11.6 Å². The van der Waals surface area contributed by atoms with Crippen LogP contribution in [0.25, 0.3) is 11.3 Å². The lowest BCUT2D eigenvalue weighted by Crippen LogP contribution is -1.86. The van der Waals surface area contributed by atoms with E-state index in [9.17, 15) is 4.39 Å². The summed E-state index contributed by atoms with van der Waals surface area (Å²) in [6.07, 6.45) is 0. The Morgan fingerprint density at radius 2 is 1.93 bits per heavy atom. The number of hydrogen-bond acceptors (Lipinski definition) is 2. The number of nitrogens with zero attached hydrogens (tertiary/aromatic N) is 1. The molecule has 1 heterocycles. The molecule has 3 heteroatoms. The second kappa shape index (κ2) is 3.50. The standard InChI is InChI=1S/C12H12FNO/c1-7-4-5-11(13)10(6-7)12-8(2)14-9(3)15-12/h4-6H,1-3H3. The summed E-state index contributed by atoms with van der Waals surface area (Å²) in [5.41, 5.74) is 2.20. The molecule has 0 amide bonds. The Bertz CT molecular complexity index is 502. The third-order valence-corrected chi connectivity index (χ3v) is 2.27. The summed E-state index contributed by atoms with van der Waals surface area (Å²) in [6.45, 7) is 5.49. The van der Waals surface area contributed by atoms with Crippen LogP contribution in [-0.2, 0) is 0 Å². The molecule has 15 heavy (non-hydrogen) atoms. The minimum absolute atomic E-state index is 0.278. The SMILES string of the molecule is Cc1ccc(F)c(-c2oc(C)nc2C)c1. The largest absolute Gasteiger partial charge is 0.441 e. The van der Waals surface area contributed by atoms with Crippen LogP contribution >= 0.6 is 0 Å². The molecule has 2 rings (SSSR count). The Kier molecular flexibility index (Phi) is 2.31. The lowest BCUT2D eigenvalue weighted by molar-refractivity contribution is 0.528. The van der Waals surface area contributed by atoms with Crippen molar-refractivity contribution in [1.82, 2.24) is 4.98 Å². The monoisotopic (exact) mass is 205 g/mol. The zero-order valence-electron chi connectivity index (χ0n) is 8.97. The van der Waals surface area contributed by atoms with Crippen LogP contribution in [0.1, 0.15) is 17.1 Å². The molecule has 0 spiro atoms. The van der Waals surface area contributed by atoms with Crippen molar-refractivity contribution >= 4 is 0 Å². The van der Waals surface area contributed by atoms with Gasteiger partial charge >= 0.3 is 0 Å². The normalized spacial score (nSPS) is 10.7. The minimum Gasteiger partial charge on any atom is -0.441 e. The molecule has 2 nitrogen and oxygen atoms in total. The second-order valence-electron chi connectivity index (χ2n) is 3.63. The van der Waals surface area contributed by atoms with Gasteiger partial charge in [0.05, 0.1) is 11.3 Å². The highest BCUT2D eigenvalue weighted by atomic mass is 19.1. The van der Waals surface area contributed by atoms with Crippen molar-refractivity contribution in [1.29, 1.82) is 0 Å². The van der Waals surface area contributed by atoms with Crippen LogP contribution in [0.2, 0.25) is 0 Å². The van der Waals surface area contributed by atoms with Crippen LogP contribution < -0.4 is 0 Å². The summed E-state index contributed by atoms with van der Waals surface area (Å²) in [5, 5.41) is 0. The molecule has 1 aromatic carbocycles. The quantitative estimate of drug-likeness (QED) is 0.713. The predicted molar refractivity (Wildman–Crippen MR) is 56.1 cm³/mol. The molecule has 0 saturated carbocycles. The molecule has 0 bridgehead atoms. The molecule has 0 saturated heterocycles. The van der Waals surface area contributed by atoms with E-state index in [0.29, 0.717) is 17.2 Å². The van der Waals surface area contributed by atoms with Crippen LogP contribution in [0, 0.1) is 26.6 Å². The molecule has 0 aliphatic carbocycles. The Labute approximate surface area is 87.8 Å². The maximum absolute atomic E-state index is 13.6. The highest BCUT2D eigenvalue weighted by molar-refractivity contribution is 5.61. The lowest BCUT2D eigenvalue weighted by Gasteiger charge is -2.01. The van der Waals surface area contributed by atoms with E-state index in [1.807, 2.05) is 13.8 Å². The first-order valence-electron chi connectivity index (χ1n) is 4.78. The molecule has 0 unspecified atom stereocenters. The molecule has 1 aromatic heterocycles. The molecule has 78 valence electrons. The summed E-state index contributed by atoms with van der Waals surface area (Å²) >= 11 is 0. The van der Waals surface area contributed by atoms with Gasteiger partial charge in [-0.15, -0.1) is 0 Å². The van der Waals surface area contributed by atoms with E-state index in [1.165, 1.54) is 6.07 Å². The van der Waals surface area contributed by atoms with Crippen LogP contribution in [0.3, 0.4) is 0 Å². The van der Waals surface area contributed by atoms with E-state index in [1.54, 1.807) is 19.1 Å². The van der Waals surface area contributed by atoms with Gasteiger partial charge in [-0.05, 0) is 26.0 Å². The third kappa shape index (κ3) is 1.77. The van der Waals surface area contributed by atoms with Gasteiger partial charge in [0, 0.05) is 6.92 Å². The van der Waals surface area contributed by atoms with E-state index in [2.05, 4.69) is 4.98 Å². The van der Waals surface area contributed by atoms with Crippen LogP contribution in [0.15, 0.2) is 22.6 Å². The fraction of sp³-hybridized carbons (Fsp3) is 0.250. The van der Waals surface area contributed by atoms with E-state index in [-0.39, 0.29) is 5.82 Å². The number of benzene rings is 1. The predicted octanol–water partition coefficient (Wildman–Crippen LogP) is 3.41. The molecule has 0 fully saturated rings. The molecular formula is C12H12FNO. The maximum Gasteiger partial charge on any atom is 0.192 e. The van der Waals surface area contributed by atoms with Crippen LogP contribution in [0.4, 0.5) is 4.39 Å². The van der Waals surface area contributed by atoms with Crippen molar-refractivity contribution in [2.24, 2.45) is 0 Å². The maximum atomic E-state index is 13.6. The van der Waals surface area contributed by atoms with Crippen LogP contribution in [-0.4, -0.2) is 4.98 Å². The highest BCUT2D eigenvalue weighted by Gasteiger charge is 2.13. The fourth-order valence-electron chi connectivity index (χ4n) is 1.59. The van der Waals surface area contributed by atoms with Gasteiger partial charge in [0.2, 0.25) is 0 Å². The van der Waals surface area contributed by atoms with Crippen molar-refractivity contribution in [3.63, 3.8) is 0 Å². The highest BCUT2D eigenvalue weighted by Crippen LogP contribution is 2.27. The van der Waals surface area contributed by atoms with Gasteiger partial charge in [-0.25, -0.2) is 9.37 Å². The smallest absolute Gasteiger partial charge is 0.192 e. The average molecular weight is 205 g/mol. The topological polar surface area (TPSA) is 26.0 Å². The Morgan fingerprint density at radius 3 is 2.53 bits per heavy atom. The van der Waals surface area contributed by atoms with Gasteiger partial charge in [0.1, 0.15) is 5.82 Å². The first-order valence-corrected chi connectivity index (χ1v) is 4.78. The second-order valence-corrected chi connectivity index (χ2v) is 3.63. The molecular weight excluding hydrogens is 193 g/mol. The first-order chi connectivity index (χ1) is 7.08. The average Bonchev–Trinajstić information content (AvgIpc) is 2.50. The van der Waals surface area contributed by atoms with Gasteiger partial charge in [-0.2, -0.15) is 0 Å². The van der Waals surface area contributed by atoms with Gasteiger partial charge in [-0.3, -0.25) is 0 Å². The van der Waals surface area contributed by atoms with E-state index >= 15 is 0 Å². The van der Waals surface area contributed by atoms with Crippen molar-refractivity contribution in [3.05, 3.63) is 41.2 Å². The number of aromatic nitrogens is 1. The molecule has 0 atom stereocenters. The summed E-state index contributed by atoms with van der Waals surface area (Å²) in [5.74, 6) is 0.803. The number of aryl methyl sites for hydroxylation is 3. The molecule has 0 radical (unpaired) electrons.